The van der Waals surface area contributed by atoms with E-state index >= 15 is 0 Å². The number of amides is 1. The van der Waals surface area contributed by atoms with Crippen molar-refractivity contribution in [3.63, 3.8) is 0 Å². The molecule has 0 aliphatic carbocycles. The summed E-state index contributed by atoms with van der Waals surface area (Å²) in [7, 11) is 0. The van der Waals surface area contributed by atoms with Gasteiger partial charge >= 0.3 is 0 Å². The number of carbonyl (C=O) groups is 1. The van der Waals surface area contributed by atoms with Crippen LogP contribution in [0.4, 0.5) is 0 Å². The SMILES string of the molecule is CC[C@H](C)NC(=O)Cn1cnc2onc(-c3ccc(Cl)cc3)c2c1=O. The molecule has 7 nitrogen and oxygen atoms in total. The van der Waals surface area contributed by atoms with E-state index in [0.717, 1.165) is 6.42 Å². The van der Waals surface area contributed by atoms with Gasteiger partial charge in [0.15, 0.2) is 0 Å². The lowest BCUT2D eigenvalue weighted by Crippen LogP contribution is -2.37. The van der Waals surface area contributed by atoms with Crippen molar-refractivity contribution >= 4 is 28.6 Å². The van der Waals surface area contributed by atoms with Crippen LogP contribution in [0.25, 0.3) is 22.4 Å². The number of rotatable bonds is 5. The van der Waals surface area contributed by atoms with Crippen molar-refractivity contribution in [2.45, 2.75) is 32.9 Å². The van der Waals surface area contributed by atoms with E-state index in [-0.39, 0.29) is 35.2 Å². The molecule has 1 aromatic carbocycles. The molecule has 1 atom stereocenters. The molecule has 1 N–H and O–H groups in total. The summed E-state index contributed by atoms with van der Waals surface area (Å²) < 4.78 is 6.40. The first-order valence-corrected chi connectivity index (χ1v) is 8.27. The highest BCUT2D eigenvalue weighted by molar-refractivity contribution is 6.30. The number of nitrogens with zero attached hydrogens (tertiary/aromatic N) is 3. The number of benzene rings is 1. The summed E-state index contributed by atoms with van der Waals surface area (Å²) in [5.74, 6) is -0.248. The fourth-order valence-corrected chi connectivity index (χ4v) is 2.50. The lowest BCUT2D eigenvalue weighted by Gasteiger charge is -2.11. The van der Waals surface area contributed by atoms with Crippen molar-refractivity contribution < 1.29 is 9.32 Å². The van der Waals surface area contributed by atoms with Crippen LogP contribution in [0.2, 0.25) is 5.02 Å². The first-order chi connectivity index (χ1) is 12.0. The molecule has 0 bridgehead atoms. The topological polar surface area (TPSA) is 90.0 Å². The van der Waals surface area contributed by atoms with Crippen LogP contribution in [0.15, 0.2) is 39.9 Å². The zero-order valence-corrected chi connectivity index (χ0v) is 14.6. The van der Waals surface area contributed by atoms with Crippen LogP contribution in [0.3, 0.4) is 0 Å². The zero-order valence-electron chi connectivity index (χ0n) is 13.8. The summed E-state index contributed by atoms with van der Waals surface area (Å²) in [5.41, 5.74) is 0.814. The standard InChI is InChI=1S/C17H17ClN4O3/c1-3-10(2)20-13(23)8-22-9-19-16-14(17(22)24)15(21-25-16)11-4-6-12(18)7-5-11/h4-7,9-10H,3,8H2,1-2H3,(H,20,23)/t10-/m0/s1. The predicted molar refractivity (Wildman–Crippen MR) is 94.4 cm³/mol. The Morgan fingerprint density at radius 1 is 1.36 bits per heavy atom. The van der Waals surface area contributed by atoms with E-state index in [4.69, 9.17) is 16.1 Å². The summed E-state index contributed by atoms with van der Waals surface area (Å²) in [6.07, 6.45) is 2.10. The van der Waals surface area contributed by atoms with Gasteiger partial charge in [0, 0.05) is 16.6 Å². The maximum Gasteiger partial charge on any atom is 0.267 e. The molecular formula is C17H17ClN4O3. The van der Waals surface area contributed by atoms with E-state index in [1.54, 1.807) is 24.3 Å². The normalized spacial score (nSPS) is 12.3. The van der Waals surface area contributed by atoms with Crippen LogP contribution in [0, 0.1) is 0 Å². The molecule has 3 rings (SSSR count). The van der Waals surface area contributed by atoms with E-state index in [1.807, 2.05) is 13.8 Å². The molecule has 0 fully saturated rings. The third-order valence-electron chi connectivity index (χ3n) is 3.91. The average molecular weight is 361 g/mol. The third-order valence-corrected chi connectivity index (χ3v) is 4.17. The average Bonchev–Trinajstić information content (AvgIpc) is 3.02. The summed E-state index contributed by atoms with van der Waals surface area (Å²) in [4.78, 5) is 28.9. The van der Waals surface area contributed by atoms with E-state index in [2.05, 4.69) is 15.5 Å². The molecule has 0 aliphatic heterocycles. The monoisotopic (exact) mass is 360 g/mol. The second-order valence-corrected chi connectivity index (χ2v) is 6.21. The van der Waals surface area contributed by atoms with Crippen molar-refractivity contribution in [1.29, 1.82) is 0 Å². The van der Waals surface area contributed by atoms with Gasteiger partial charge in [-0.25, -0.2) is 4.98 Å². The number of aromatic nitrogens is 3. The van der Waals surface area contributed by atoms with Gasteiger partial charge in [-0.05, 0) is 25.5 Å². The summed E-state index contributed by atoms with van der Waals surface area (Å²) in [5, 5.41) is 7.58. The Labute approximate surface area is 148 Å². The Hall–Kier alpha value is -2.67. The summed E-state index contributed by atoms with van der Waals surface area (Å²) in [6.45, 7) is 3.76. The van der Waals surface area contributed by atoms with E-state index in [0.29, 0.717) is 16.3 Å². The fourth-order valence-electron chi connectivity index (χ4n) is 2.38. The number of nitrogens with one attached hydrogen (secondary N) is 1. The summed E-state index contributed by atoms with van der Waals surface area (Å²) >= 11 is 5.89. The highest BCUT2D eigenvalue weighted by atomic mass is 35.5. The predicted octanol–water partition coefficient (Wildman–Crippen LogP) is 2.62. The smallest absolute Gasteiger partial charge is 0.267 e. The first kappa shape index (κ1) is 17.2. The van der Waals surface area contributed by atoms with Gasteiger partial charge in [0.1, 0.15) is 24.0 Å². The minimum Gasteiger partial charge on any atom is -0.352 e. The Morgan fingerprint density at radius 2 is 2.08 bits per heavy atom. The molecule has 0 spiro atoms. The van der Waals surface area contributed by atoms with Gasteiger partial charge in [0.25, 0.3) is 11.3 Å². The van der Waals surface area contributed by atoms with Crippen LogP contribution < -0.4 is 10.9 Å². The largest absolute Gasteiger partial charge is 0.352 e. The molecule has 25 heavy (non-hydrogen) atoms. The number of halogens is 1. The molecule has 0 saturated carbocycles. The highest BCUT2D eigenvalue weighted by Crippen LogP contribution is 2.25. The summed E-state index contributed by atoms with van der Waals surface area (Å²) in [6, 6.07) is 6.93. The number of hydrogen-bond acceptors (Lipinski definition) is 5. The van der Waals surface area contributed by atoms with Crippen LogP contribution in [0.5, 0.6) is 0 Å². The van der Waals surface area contributed by atoms with Crippen molar-refractivity contribution in [3.05, 3.63) is 46.0 Å². The van der Waals surface area contributed by atoms with Crippen LogP contribution >= 0.6 is 11.6 Å². The number of carbonyl (C=O) groups excluding carboxylic acids is 1. The van der Waals surface area contributed by atoms with Crippen molar-refractivity contribution in [2.24, 2.45) is 0 Å². The van der Waals surface area contributed by atoms with Crippen LogP contribution in [-0.4, -0.2) is 26.7 Å². The Balaban J connectivity index is 1.99. The number of fused-ring (bicyclic) bond motifs is 1. The molecule has 2 aromatic heterocycles. The van der Waals surface area contributed by atoms with Gasteiger partial charge in [-0.2, -0.15) is 0 Å². The third kappa shape index (κ3) is 3.56. The van der Waals surface area contributed by atoms with Gasteiger partial charge < -0.3 is 9.84 Å². The lowest BCUT2D eigenvalue weighted by molar-refractivity contribution is -0.122. The quantitative estimate of drug-likeness (QED) is 0.755. The molecule has 130 valence electrons. The van der Waals surface area contributed by atoms with Gasteiger partial charge in [-0.3, -0.25) is 14.2 Å². The van der Waals surface area contributed by atoms with Gasteiger partial charge in [-0.1, -0.05) is 35.8 Å². The minimum atomic E-state index is -0.379. The fraction of sp³-hybridized carbons (Fsp3) is 0.294. The molecule has 3 aromatic rings. The van der Waals surface area contributed by atoms with Crippen molar-refractivity contribution in [3.8, 4) is 11.3 Å². The van der Waals surface area contributed by atoms with Gasteiger partial charge in [0.2, 0.25) is 5.91 Å². The molecule has 0 radical (unpaired) electrons. The maximum absolute atomic E-state index is 12.8. The Bertz CT molecular complexity index is 962. The molecule has 1 amide bonds. The Kier molecular flexibility index (Phi) is 4.85. The first-order valence-electron chi connectivity index (χ1n) is 7.89. The molecule has 0 saturated heterocycles. The minimum absolute atomic E-state index is 0.0418. The van der Waals surface area contributed by atoms with Crippen LogP contribution in [0.1, 0.15) is 20.3 Å². The molecule has 2 heterocycles. The second kappa shape index (κ2) is 7.06. The zero-order chi connectivity index (χ0) is 18.0. The molecule has 0 aliphatic rings. The van der Waals surface area contributed by atoms with Crippen molar-refractivity contribution in [1.82, 2.24) is 20.0 Å². The number of hydrogen-bond donors (Lipinski definition) is 1. The lowest BCUT2D eigenvalue weighted by atomic mass is 10.1. The van der Waals surface area contributed by atoms with E-state index < -0.39 is 0 Å². The second-order valence-electron chi connectivity index (χ2n) is 5.77. The van der Waals surface area contributed by atoms with Gasteiger partial charge in [0.05, 0.1) is 0 Å². The molecular weight excluding hydrogens is 344 g/mol. The van der Waals surface area contributed by atoms with E-state index in [9.17, 15) is 9.59 Å². The molecule has 8 heteroatoms. The highest BCUT2D eigenvalue weighted by Gasteiger charge is 2.18. The van der Waals surface area contributed by atoms with E-state index in [1.165, 1.54) is 10.9 Å². The van der Waals surface area contributed by atoms with Gasteiger partial charge in [-0.15, -0.1) is 0 Å². The maximum atomic E-state index is 12.8. The van der Waals surface area contributed by atoms with Crippen LogP contribution in [-0.2, 0) is 11.3 Å². The van der Waals surface area contributed by atoms with Crippen molar-refractivity contribution in [2.75, 3.05) is 0 Å². The Morgan fingerprint density at radius 3 is 2.76 bits per heavy atom. The molecule has 0 unspecified atom stereocenters.